The van der Waals surface area contributed by atoms with Gasteiger partial charge in [0.15, 0.2) is 0 Å². The summed E-state index contributed by atoms with van der Waals surface area (Å²) in [6, 6.07) is 10.6. The van der Waals surface area contributed by atoms with Crippen LogP contribution in [-0.4, -0.2) is 9.55 Å². The molecule has 0 bridgehead atoms. The normalized spacial score (nSPS) is 11.3. The van der Waals surface area contributed by atoms with E-state index in [1.54, 1.807) is 0 Å². The molecule has 0 amide bonds. The summed E-state index contributed by atoms with van der Waals surface area (Å²) in [7, 11) is 2.08. The van der Waals surface area contributed by atoms with Crippen LogP contribution in [0.15, 0.2) is 30.3 Å². The largest absolute Gasteiger partial charge is 0.398 e. The summed E-state index contributed by atoms with van der Waals surface area (Å²) in [6.07, 6.45) is 0. The number of hydrogen-bond donors (Lipinski definition) is 2. The predicted molar refractivity (Wildman–Crippen MR) is 76.6 cm³/mol. The number of H-pyrrole nitrogens is 1. The number of anilines is 1. The number of rotatable bonds is 1. The number of nitrogen functional groups attached to an aromatic ring is 1. The van der Waals surface area contributed by atoms with Crippen LogP contribution < -0.4 is 5.73 Å². The van der Waals surface area contributed by atoms with Gasteiger partial charge in [0.2, 0.25) is 0 Å². The molecule has 0 saturated heterocycles. The third-order valence-electron chi connectivity index (χ3n) is 3.66. The first kappa shape index (κ1) is 11.0. The molecule has 0 atom stereocenters. The second-order valence-corrected chi connectivity index (χ2v) is 4.90. The van der Waals surface area contributed by atoms with Gasteiger partial charge in [-0.25, -0.2) is 0 Å². The highest BCUT2D eigenvalue weighted by Gasteiger charge is 2.08. The molecular weight excluding hydrogens is 222 g/mol. The van der Waals surface area contributed by atoms with Crippen LogP contribution in [-0.2, 0) is 7.05 Å². The van der Waals surface area contributed by atoms with E-state index >= 15 is 0 Å². The highest BCUT2D eigenvalue weighted by Crippen LogP contribution is 2.27. The number of aromatic amines is 1. The smallest absolute Gasteiger partial charge is 0.0645 e. The van der Waals surface area contributed by atoms with Crippen LogP contribution in [0.2, 0.25) is 0 Å². The van der Waals surface area contributed by atoms with E-state index in [9.17, 15) is 0 Å². The van der Waals surface area contributed by atoms with E-state index in [0.29, 0.717) is 0 Å². The van der Waals surface area contributed by atoms with Crippen molar-refractivity contribution in [3.63, 3.8) is 0 Å². The summed E-state index contributed by atoms with van der Waals surface area (Å²) in [5, 5.41) is 1.20. The maximum Gasteiger partial charge on any atom is 0.0645 e. The summed E-state index contributed by atoms with van der Waals surface area (Å²) in [5.74, 6) is 0. The average Bonchev–Trinajstić information content (AvgIpc) is 2.85. The Hall–Kier alpha value is -2.16. The topological polar surface area (TPSA) is 46.7 Å². The van der Waals surface area contributed by atoms with Gasteiger partial charge < -0.3 is 15.3 Å². The summed E-state index contributed by atoms with van der Waals surface area (Å²) in [6.45, 7) is 4.14. The fourth-order valence-corrected chi connectivity index (χ4v) is 2.33. The number of nitrogens with zero attached hydrogens (tertiary/aromatic N) is 1. The number of nitrogens with two attached hydrogens (primary N) is 1. The van der Waals surface area contributed by atoms with Gasteiger partial charge in [-0.1, -0.05) is 0 Å². The molecule has 0 aliphatic carbocycles. The Balaban J connectivity index is 2.22. The summed E-state index contributed by atoms with van der Waals surface area (Å²) >= 11 is 0. The van der Waals surface area contributed by atoms with Gasteiger partial charge in [0, 0.05) is 29.3 Å². The number of aromatic nitrogens is 2. The van der Waals surface area contributed by atoms with E-state index in [-0.39, 0.29) is 0 Å². The van der Waals surface area contributed by atoms with E-state index in [1.165, 1.54) is 16.8 Å². The van der Waals surface area contributed by atoms with Crippen LogP contribution in [0.1, 0.15) is 11.3 Å². The molecule has 0 fully saturated rings. The number of fused-ring (bicyclic) bond motifs is 1. The molecule has 0 aliphatic heterocycles. The molecule has 0 unspecified atom stereocenters. The molecule has 0 saturated carbocycles. The molecule has 3 N–H and O–H groups in total. The van der Waals surface area contributed by atoms with Gasteiger partial charge in [-0.3, -0.25) is 0 Å². The molecule has 3 rings (SSSR count). The Morgan fingerprint density at radius 3 is 2.56 bits per heavy atom. The second-order valence-electron chi connectivity index (χ2n) is 4.90. The highest BCUT2D eigenvalue weighted by molar-refractivity contribution is 5.88. The number of aryl methyl sites for hydroxylation is 2. The lowest BCUT2D eigenvalue weighted by atomic mass is 10.1. The maximum absolute atomic E-state index is 5.94. The molecule has 2 aromatic heterocycles. The summed E-state index contributed by atoms with van der Waals surface area (Å²) in [5.41, 5.74) is 12.6. The zero-order chi connectivity index (χ0) is 12.9. The first-order chi connectivity index (χ1) is 8.56. The van der Waals surface area contributed by atoms with Gasteiger partial charge in [0.05, 0.1) is 11.4 Å². The molecule has 2 heterocycles. The Kier molecular flexibility index (Phi) is 2.23. The Morgan fingerprint density at radius 1 is 1.11 bits per heavy atom. The second kappa shape index (κ2) is 3.67. The first-order valence-corrected chi connectivity index (χ1v) is 6.08. The van der Waals surface area contributed by atoms with E-state index in [1.807, 2.05) is 13.0 Å². The Morgan fingerprint density at radius 2 is 1.89 bits per heavy atom. The van der Waals surface area contributed by atoms with E-state index < -0.39 is 0 Å². The van der Waals surface area contributed by atoms with E-state index in [4.69, 9.17) is 5.73 Å². The molecule has 3 heteroatoms. The van der Waals surface area contributed by atoms with E-state index in [2.05, 4.69) is 47.8 Å². The molecule has 3 nitrogen and oxygen atoms in total. The molecule has 92 valence electrons. The Bertz CT molecular complexity index is 693. The molecular formula is C15H17N3. The number of hydrogen-bond acceptors (Lipinski definition) is 1. The third kappa shape index (κ3) is 1.51. The lowest BCUT2D eigenvalue weighted by Crippen LogP contribution is -1.93. The van der Waals surface area contributed by atoms with Gasteiger partial charge >= 0.3 is 0 Å². The van der Waals surface area contributed by atoms with Gasteiger partial charge in [-0.05, 0) is 49.7 Å². The maximum atomic E-state index is 5.94. The van der Waals surface area contributed by atoms with Crippen molar-refractivity contribution in [2.45, 2.75) is 13.8 Å². The zero-order valence-corrected chi connectivity index (χ0v) is 10.9. The van der Waals surface area contributed by atoms with E-state index in [0.717, 1.165) is 22.5 Å². The van der Waals surface area contributed by atoms with Crippen molar-refractivity contribution in [1.29, 1.82) is 0 Å². The van der Waals surface area contributed by atoms with Crippen molar-refractivity contribution in [3.8, 4) is 11.4 Å². The summed E-state index contributed by atoms with van der Waals surface area (Å²) < 4.78 is 2.18. The molecule has 0 aliphatic rings. The standard InChI is InChI=1S/C15H17N3/c1-9-6-11-7-14(17-13(11)8-12(9)16)15-5-4-10(2)18(15)3/h4-8,17H,16H2,1-3H3. The van der Waals surface area contributed by atoms with Crippen LogP contribution in [0.25, 0.3) is 22.3 Å². The minimum Gasteiger partial charge on any atom is -0.398 e. The minimum atomic E-state index is 0.832. The third-order valence-corrected chi connectivity index (χ3v) is 3.66. The highest BCUT2D eigenvalue weighted by atomic mass is 15.0. The average molecular weight is 239 g/mol. The number of nitrogens with one attached hydrogen (secondary N) is 1. The van der Waals surface area contributed by atoms with Gasteiger partial charge in [-0.2, -0.15) is 0 Å². The molecule has 0 spiro atoms. The van der Waals surface area contributed by atoms with Crippen molar-refractivity contribution < 1.29 is 0 Å². The van der Waals surface area contributed by atoms with Crippen molar-refractivity contribution in [2.24, 2.45) is 7.05 Å². The van der Waals surface area contributed by atoms with Crippen molar-refractivity contribution in [3.05, 3.63) is 41.6 Å². The molecule has 0 radical (unpaired) electrons. The zero-order valence-electron chi connectivity index (χ0n) is 10.9. The van der Waals surface area contributed by atoms with Crippen molar-refractivity contribution >= 4 is 16.6 Å². The van der Waals surface area contributed by atoms with Gasteiger partial charge in [0.1, 0.15) is 0 Å². The van der Waals surface area contributed by atoms with Gasteiger partial charge in [0.25, 0.3) is 0 Å². The molecule has 1 aromatic carbocycles. The summed E-state index contributed by atoms with van der Waals surface area (Å²) in [4.78, 5) is 3.43. The molecule has 18 heavy (non-hydrogen) atoms. The fraction of sp³-hybridized carbons (Fsp3) is 0.200. The van der Waals surface area contributed by atoms with Crippen molar-refractivity contribution in [1.82, 2.24) is 9.55 Å². The molecule has 3 aromatic rings. The quantitative estimate of drug-likeness (QED) is 0.628. The number of benzene rings is 1. The predicted octanol–water partition coefficient (Wildman–Crippen LogP) is 3.37. The Labute approximate surface area is 106 Å². The lowest BCUT2D eigenvalue weighted by Gasteiger charge is -2.02. The lowest BCUT2D eigenvalue weighted by molar-refractivity contribution is 0.888. The van der Waals surface area contributed by atoms with Crippen LogP contribution in [0, 0.1) is 13.8 Å². The fourth-order valence-electron chi connectivity index (χ4n) is 2.33. The SMILES string of the molecule is Cc1cc2cc(-c3ccc(C)n3C)[nH]c2cc1N. The van der Waals surface area contributed by atoms with Crippen LogP contribution in [0.4, 0.5) is 5.69 Å². The minimum absolute atomic E-state index is 0.832. The van der Waals surface area contributed by atoms with Crippen LogP contribution in [0.3, 0.4) is 0 Å². The first-order valence-electron chi connectivity index (χ1n) is 6.08. The van der Waals surface area contributed by atoms with Gasteiger partial charge in [-0.15, -0.1) is 0 Å². The van der Waals surface area contributed by atoms with Crippen LogP contribution >= 0.6 is 0 Å². The van der Waals surface area contributed by atoms with Crippen LogP contribution in [0.5, 0.6) is 0 Å². The monoisotopic (exact) mass is 239 g/mol. The van der Waals surface area contributed by atoms with Crippen molar-refractivity contribution in [2.75, 3.05) is 5.73 Å².